The Labute approximate surface area is 150 Å². The minimum atomic E-state index is -0.407. The molecule has 0 aliphatic carbocycles. The van der Waals surface area contributed by atoms with Crippen molar-refractivity contribution in [2.45, 2.75) is 33.1 Å². The Bertz CT molecular complexity index is 722. The molecule has 0 radical (unpaired) electrons. The fraction of sp³-hybridized carbons (Fsp3) is 0.353. The predicted octanol–water partition coefficient (Wildman–Crippen LogP) is 6.12. The first-order valence-corrected chi connectivity index (χ1v) is 8.34. The molecule has 6 heteroatoms. The largest absolute Gasteiger partial charge is 0.462 e. The number of benzene rings is 1. The first kappa shape index (κ1) is 18.2. The molecule has 0 fully saturated rings. The lowest BCUT2D eigenvalue weighted by atomic mass is 9.85. The van der Waals surface area contributed by atoms with E-state index >= 15 is 0 Å². The Morgan fingerprint density at radius 1 is 1.17 bits per heavy atom. The number of esters is 1. The highest BCUT2D eigenvalue weighted by molar-refractivity contribution is 6.42. The summed E-state index contributed by atoms with van der Waals surface area (Å²) in [5.41, 5.74) is 2.12. The van der Waals surface area contributed by atoms with Gasteiger partial charge in [-0.25, -0.2) is 4.79 Å². The summed E-state index contributed by atoms with van der Waals surface area (Å²) in [6.45, 7) is 8.12. The second kappa shape index (κ2) is 6.76. The highest BCUT2D eigenvalue weighted by Crippen LogP contribution is 2.41. The van der Waals surface area contributed by atoms with Crippen LogP contribution in [0.25, 0.3) is 11.3 Å². The van der Waals surface area contributed by atoms with Crippen molar-refractivity contribution in [2.24, 2.45) is 0 Å². The summed E-state index contributed by atoms with van der Waals surface area (Å²) < 4.78 is 5.22. The molecule has 23 heavy (non-hydrogen) atoms. The van der Waals surface area contributed by atoms with Crippen LogP contribution in [-0.4, -0.2) is 17.6 Å². The summed E-state index contributed by atoms with van der Waals surface area (Å²) in [6.07, 6.45) is 1.79. The number of aromatic amines is 1. The van der Waals surface area contributed by atoms with Crippen LogP contribution in [0.4, 0.5) is 0 Å². The van der Waals surface area contributed by atoms with E-state index in [2.05, 4.69) is 4.98 Å². The average Bonchev–Trinajstić information content (AvgIpc) is 2.82. The molecule has 0 aliphatic rings. The number of nitrogens with one attached hydrogen (secondary N) is 1. The third-order valence-corrected chi connectivity index (χ3v) is 4.24. The van der Waals surface area contributed by atoms with E-state index in [0.717, 1.165) is 5.56 Å². The molecule has 0 saturated heterocycles. The molecule has 3 nitrogen and oxygen atoms in total. The normalized spacial score (nSPS) is 11.6. The van der Waals surface area contributed by atoms with Crippen molar-refractivity contribution >= 4 is 40.8 Å². The molecule has 1 N–H and O–H groups in total. The number of carbonyl (C=O) groups is 1. The van der Waals surface area contributed by atoms with Crippen LogP contribution in [0.5, 0.6) is 0 Å². The summed E-state index contributed by atoms with van der Waals surface area (Å²) in [7, 11) is 0. The zero-order chi connectivity index (χ0) is 17.4. The third kappa shape index (κ3) is 3.68. The molecule has 1 aromatic carbocycles. The van der Waals surface area contributed by atoms with Crippen LogP contribution in [0.15, 0.2) is 18.3 Å². The summed E-state index contributed by atoms with van der Waals surface area (Å²) in [5.74, 6) is -0.407. The van der Waals surface area contributed by atoms with E-state index < -0.39 is 5.97 Å². The number of H-pyrrole nitrogens is 1. The van der Waals surface area contributed by atoms with Gasteiger partial charge in [0, 0.05) is 16.8 Å². The topological polar surface area (TPSA) is 42.1 Å². The molecular weight excluding hydrogens is 357 g/mol. The molecule has 0 aliphatic heterocycles. The second-order valence-corrected chi connectivity index (χ2v) is 7.42. The molecule has 2 aromatic rings. The van der Waals surface area contributed by atoms with Crippen molar-refractivity contribution in [1.29, 1.82) is 0 Å². The van der Waals surface area contributed by atoms with Crippen molar-refractivity contribution in [3.63, 3.8) is 0 Å². The fourth-order valence-electron chi connectivity index (χ4n) is 2.41. The number of hydrogen-bond donors (Lipinski definition) is 1. The van der Waals surface area contributed by atoms with Gasteiger partial charge in [-0.2, -0.15) is 0 Å². The number of ether oxygens (including phenoxy) is 1. The van der Waals surface area contributed by atoms with E-state index in [9.17, 15) is 4.79 Å². The zero-order valence-electron chi connectivity index (χ0n) is 13.4. The average molecular weight is 375 g/mol. The quantitative estimate of drug-likeness (QED) is 0.658. The molecule has 2 rings (SSSR count). The Hall–Kier alpha value is -1.16. The van der Waals surface area contributed by atoms with Gasteiger partial charge in [-0.05, 0) is 30.0 Å². The first-order valence-electron chi connectivity index (χ1n) is 7.20. The van der Waals surface area contributed by atoms with Crippen molar-refractivity contribution < 1.29 is 9.53 Å². The van der Waals surface area contributed by atoms with Gasteiger partial charge in [0.15, 0.2) is 0 Å². The van der Waals surface area contributed by atoms with Crippen molar-refractivity contribution in [3.8, 4) is 11.3 Å². The van der Waals surface area contributed by atoms with Crippen LogP contribution in [0.3, 0.4) is 0 Å². The van der Waals surface area contributed by atoms with Crippen LogP contribution in [0.1, 0.15) is 43.6 Å². The smallest absolute Gasteiger partial charge is 0.340 e. The number of aromatic nitrogens is 1. The molecule has 1 aromatic heterocycles. The van der Waals surface area contributed by atoms with Gasteiger partial charge in [-0.3, -0.25) is 0 Å². The monoisotopic (exact) mass is 373 g/mol. The number of rotatable bonds is 3. The number of halogens is 3. The van der Waals surface area contributed by atoms with E-state index in [-0.39, 0.29) is 12.0 Å². The lowest BCUT2D eigenvalue weighted by Gasteiger charge is -2.19. The van der Waals surface area contributed by atoms with Gasteiger partial charge in [-0.1, -0.05) is 55.6 Å². The van der Waals surface area contributed by atoms with Gasteiger partial charge in [0.05, 0.1) is 27.9 Å². The van der Waals surface area contributed by atoms with Crippen LogP contribution >= 0.6 is 34.8 Å². The highest BCUT2D eigenvalue weighted by atomic mass is 35.5. The first-order chi connectivity index (χ1) is 10.7. The van der Waals surface area contributed by atoms with Gasteiger partial charge in [-0.15, -0.1) is 0 Å². The van der Waals surface area contributed by atoms with E-state index in [1.807, 2.05) is 20.8 Å². The molecule has 0 amide bonds. The van der Waals surface area contributed by atoms with Crippen LogP contribution in [-0.2, 0) is 10.2 Å². The Morgan fingerprint density at radius 2 is 1.74 bits per heavy atom. The van der Waals surface area contributed by atoms with Gasteiger partial charge in [0.1, 0.15) is 0 Å². The zero-order valence-corrected chi connectivity index (χ0v) is 15.7. The SMILES string of the molecule is CCOC(=O)c1c(C(C)(C)C)c[nH]c1-c1c(Cl)cc(Cl)cc1Cl. The van der Waals surface area contributed by atoms with Gasteiger partial charge >= 0.3 is 5.97 Å². The molecule has 0 spiro atoms. The van der Waals surface area contributed by atoms with Gasteiger partial charge in [0.2, 0.25) is 0 Å². The molecule has 124 valence electrons. The second-order valence-electron chi connectivity index (χ2n) is 6.17. The molecule has 0 saturated carbocycles. The summed E-state index contributed by atoms with van der Waals surface area (Å²) in [5, 5.41) is 1.18. The molecule has 0 unspecified atom stereocenters. The van der Waals surface area contributed by atoms with E-state index in [1.165, 1.54) is 0 Å². The third-order valence-electron chi connectivity index (χ3n) is 3.42. The molecule has 0 atom stereocenters. The molecular formula is C17H18Cl3NO2. The predicted molar refractivity (Wildman–Crippen MR) is 95.9 cm³/mol. The fourth-order valence-corrected chi connectivity index (χ4v) is 3.41. The minimum absolute atomic E-state index is 0.248. The van der Waals surface area contributed by atoms with Gasteiger partial charge < -0.3 is 9.72 Å². The Morgan fingerprint density at radius 3 is 2.22 bits per heavy atom. The van der Waals surface area contributed by atoms with Crippen LogP contribution in [0.2, 0.25) is 15.1 Å². The summed E-state index contributed by atoms with van der Waals surface area (Å²) in [4.78, 5) is 15.6. The lowest BCUT2D eigenvalue weighted by molar-refractivity contribution is 0.0525. The minimum Gasteiger partial charge on any atom is -0.462 e. The number of hydrogen-bond acceptors (Lipinski definition) is 2. The standard InChI is InChI=1S/C17H18Cl3NO2/c1-5-23-16(22)13-10(17(2,3)4)8-21-15(13)14-11(19)6-9(18)7-12(14)20/h6-8,21H,5H2,1-4H3. The van der Waals surface area contributed by atoms with Crippen LogP contribution < -0.4 is 0 Å². The van der Waals surface area contributed by atoms with Crippen molar-refractivity contribution in [2.75, 3.05) is 6.61 Å². The lowest BCUT2D eigenvalue weighted by Crippen LogP contribution is -2.17. The van der Waals surface area contributed by atoms with E-state index in [4.69, 9.17) is 39.5 Å². The maximum atomic E-state index is 12.5. The molecule has 1 heterocycles. The maximum absolute atomic E-state index is 12.5. The number of carbonyl (C=O) groups excluding carboxylic acids is 1. The van der Waals surface area contributed by atoms with E-state index in [0.29, 0.717) is 31.9 Å². The van der Waals surface area contributed by atoms with Crippen molar-refractivity contribution in [3.05, 3.63) is 44.5 Å². The summed E-state index contributed by atoms with van der Waals surface area (Å²) >= 11 is 18.6. The maximum Gasteiger partial charge on any atom is 0.340 e. The highest BCUT2D eigenvalue weighted by Gasteiger charge is 2.29. The molecule has 0 bridgehead atoms. The summed E-state index contributed by atoms with van der Waals surface area (Å²) in [6, 6.07) is 3.19. The Balaban J connectivity index is 2.74. The Kier molecular flexibility index (Phi) is 5.34. The van der Waals surface area contributed by atoms with Gasteiger partial charge in [0.25, 0.3) is 0 Å². The van der Waals surface area contributed by atoms with Crippen molar-refractivity contribution in [1.82, 2.24) is 4.98 Å². The van der Waals surface area contributed by atoms with E-state index in [1.54, 1.807) is 25.3 Å². The van der Waals surface area contributed by atoms with Crippen LogP contribution in [0, 0.1) is 0 Å².